The second-order valence-corrected chi connectivity index (χ2v) is 13.1. The van der Waals surface area contributed by atoms with Crippen LogP contribution in [0.3, 0.4) is 0 Å². The van der Waals surface area contributed by atoms with E-state index in [1.54, 1.807) is 27.7 Å². The second kappa shape index (κ2) is 9.34. The van der Waals surface area contributed by atoms with Crippen LogP contribution in [0.1, 0.15) is 84.6 Å². The first-order valence-corrected chi connectivity index (χ1v) is 13.4. The Labute approximate surface area is 227 Å². The summed E-state index contributed by atoms with van der Waals surface area (Å²) < 4.78 is 0. The summed E-state index contributed by atoms with van der Waals surface area (Å²) in [6, 6.07) is 24.5. The van der Waals surface area contributed by atoms with Gasteiger partial charge in [0.2, 0.25) is 0 Å². The molecule has 0 amide bonds. The van der Waals surface area contributed by atoms with E-state index in [0.29, 0.717) is 0 Å². The van der Waals surface area contributed by atoms with Gasteiger partial charge < -0.3 is 15.3 Å². The maximum atomic E-state index is 11.2. The van der Waals surface area contributed by atoms with Crippen LogP contribution in [0.25, 0.3) is 33.0 Å². The summed E-state index contributed by atoms with van der Waals surface area (Å²) in [4.78, 5) is 0. The van der Waals surface area contributed by atoms with Gasteiger partial charge in [-0.2, -0.15) is 0 Å². The van der Waals surface area contributed by atoms with E-state index in [4.69, 9.17) is 0 Å². The standard InChI is InChI=1S/C35H42O3/c1-32(2,3)26-16-12-17-27(33(4,5)36)30(26)24-20-21-25(23-15-11-10-14-22(23)24)31-28(34(6,7)37)18-13-19-29(31)35(8,9)38/h10-21,36-38H,1-9H3. The highest BCUT2D eigenvalue weighted by Crippen LogP contribution is 2.46. The van der Waals surface area contributed by atoms with Gasteiger partial charge in [0, 0.05) is 0 Å². The van der Waals surface area contributed by atoms with Crippen LogP contribution in [-0.2, 0) is 22.2 Å². The lowest BCUT2D eigenvalue weighted by Crippen LogP contribution is -2.22. The lowest BCUT2D eigenvalue weighted by molar-refractivity contribution is 0.0729. The Morgan fingerprint density at radius 1 is 0.395 bits per heavy atom. The van der Waals surface area contributed by atoms with Crippen LogP contribution in [0.4, 0.5) is 0 Å². The summed E-state index contributed by atoms with van der Waals surface area (Å²) in [6.07, 6.45) is 0. The van der Waals surface area contributed by atoms with E-state index >= 15 is 0 Å². The number of aliphatic hydroxyl groups is 3. The molecule has 3 N–H and O–H groups in total. The Kier molecular flexibility index (Phi) is 6.89. The molecule has 0 aliphatic heterocycles. The van der Waals surface area contributed by atoms with Crippen molar-refractivity contribution in [2.75, 3.05) is 0 Å². The normalized spacial score (nSPS) is 13.3. The highest BCUT2D eigenvalue weighted by Gasteiger charge is 2.31. The molecule has 3 heteroatoms. The maximum absolute atomic E-state index is 11.2. The third kappa shape index (κ3) is 5.16. The molecule has 0 aromatic heterocycles. The van der Waals surface area contributed by atoms with Crippen molar-refractivity contribution in [2.24, 2.45) is 0 Å². The van der Waals surface area contributed by atoms with E-state index in [1.807, 2.05) is 56.3 Å². The fraction of sp³-hybridized carbons (Fsp3) is 0.371. The van der Waals surface area contributed by atoms with Gasteiger partial charge in [-0.05, 0) is 102 Å². The van der Waals surface area contributed by atoms with Gasteiger partial charge in [0.05, 0.1) is 16.8 Å². The summed E-state index contributed by atoms with van der Waals surface area (Å²) in [5.74, 6) is 0. The van der Waals surface area contributed by atoms with Gasteiger partial charge in [-0.25, -0.2) is 0 Å². The summed E-state index contributed by atoms with van der Waals surface area (Å²) in [5, 5.41) is 35.6. The molecule has 4 aromatic rings. The highest BCUT2D eigenvalue weighted by molar-refractivity contribution is 6.06. The zero-order chi connectivity index (χ0) is 28.3. The van der Waals surface area contributed by atoms with Crippen molar-refractivity contribution in [1.82, 2.24) is 0 Å². The average Bonchev–Trinajstić information content (AvgIpc) is 2.80. The molecule has 0 aliphatic rings. The van der Waals surface area contributed by atoms with E-state index < -0.39 is 16.8 Å². The van der Waals surface area contributed by atoms with Crippen LogP contribution < -0.4 is 0 Å². The Morgan fingerprint density at radius 2 is 0.711 bits per heavy atom. The van der Waals surface area contributed by atoms with E-state index in [1.165, 1.54) is 5.56 Å². The van der Waals surface area contributed by atoms with Gasteiger partial charge in [0.15, 0.2) is 0 Å². The molecule has 38 heavy (non-hydrogen) atoms. The maximum Gasteiger partial charge on any atom is 0.0846 e. The van der Waals surface area contributed by atoms with Crippen LogP contribution in [0, 0.1) is 0 Å². The van der Waals surface area contributed by atoms with Gasteiger partial charge in [0.1, 0.15) is 0 Å². The Balaban J connectivity index is 2.17. The smallest absolute Gasteiger partial charge is 0.0846 e. The van der Waals surface area contributed by atoms with Crippen LogP contribution >= 0.6 is 0 Å². The molecule has 0 fully saturated rings. The van der Waals surface area contributed by atoms with Crippen molar-refractivity contribution in [3.8, 4) is 22.3 Å². The molecule has 0 spiro atoms. The Hall–Kier alpha value is -2.98. The molecular formula is C35H42O3. The van der Waals surface area contributed by atoms with Crippen molar-refractivity contribution < 1.29 is 15.3 Å². The van der Waals surface area contributed by atoms with E-state index in [9.17, 15) is 15.3 Å². The summed E-state index contributed by atoms with van der Waals surface area (Å²) in [5.41, 5.74) is 4.11. The molecule has 0 heterocycles. The zero-order valence-corrected chi connectivity index (χ0v) is 24.3. The minimum absolute atomic E-state index is 0.141. The van der Waals surface area contributed by atoms with Crippen LogP contribution in [0.5, 0.6) is 0 Å². The number of hydrogen-bond acceptors (Lipinski definition) is 3. The highest BCUT2D eigenvalue weighted by atomic mass is 16.3. The largest absolute Gasteiger partial charge is 0.386 e. The lowest BCUT2D eigenvalue weighted by atomic mass is 9.75. The number of rotatable bonds is 5. The van der Waals surface area contributed by atoms with Crippen molar-refractivity contribution in [1.29, 1.82) is 0 Å². The lowest BCUT2D eigenvalue weighted by Gasteiger charge is -2.31. The summed E-state index contributed by atoms with van der Waals surface area (Å²) in [7, 11) is 0. The van der Waals surface area contributed by atoms with Crippen molar-refractivity contribution in [3.63, 3.8) is 0 Å². The van der Waals surface area contributed by atoms with Gasteiger partial charge >= 0.3 is 0 Å². The van der Waals surface area contributed by atoms with Gasteiger partial charge in [0.25, 0.3) is 0 Å². The Morgan fingerprint density at radius 3 is 1.03 bits per heavy atom. The zero-order valence-electron chi connectivity index (χ0n) is 24.3. The van der Waals surface area contributed by atoms with Crippen LogP contribution in [-0.4, -0.2) is 15.3 Å². The monoisotopic (exact) mass is 510 g/mol. The summed E-state index contributed by atoms with van der Waals surface area (Å²) in [6.45, 7) is 17.4. The molecule has 4 rings (SSSR count). The average molecular weight is 511 g/mol. The quantitative estimate of drug-likeness (QED) is 0.254. The number of benzene rings is 4. The first-order chi connectivity index (χ1) is 17.4. The van der Waals surface area contributed by atoms with Gasteiger partial charge in [-0.15, -0.1) is 0 Å². The van der Waals surface area contributed by atoms with Crippen molar-refractivity contribution in [3.05, 3.63) is 95.1 Å². The fourth-order valence-electron chi connectivity index (χ4n) is 5.57. The third-order valence-electron chi connectivity index (χ3n) is 7.38. The van der Waals surface area contributed by atoms with E-state index in [2.05, 4.69) is 51.1 Å². The summed E-state index contributed by atoms with van der Waals surface area (Å²) >= 11 is 0. The van der Waals surface area contributed by atoms with Crippen LogP contribution in [0.2, 0.25) is 0 Å². The Bertz CT molecular complexity index is 1300. The molecule has 0 saturated carbocycles. The second-order valence-electron chi connectivity index (χ2n) is 13.1. The van der Waals surface area contributed by atoms with Crippen molar-refractivity contribution >= 4 is 10.8 Å². The molecule has 0 unspecified atom stereocenters. The van der Waals surface area contributed by atoms with E-state index in [0.717, 1.165) is 49.7 Å². The molecule has 4 aromatic carbocycles. The molecule has 0 bridgehead atoms. The van der Waals surface area contributed by atoms with Gasteiger partial charge in [-0.3, -0.25) is 0 Å². The number of hydrogen-bond donors (Lipinski definition) is 3. The molecule has 3 nitrogen and oxygen atoms in total. The predicted octanol–water partition coefficient (Wildman–Crippen LogP) is 8.15. The minimum Gasteiger partial charge on any atom is -0.386 e. The van der Waals surface area contributed by atoms with Crippen molar-refractivity contribution in [2.45, 2.75) is 84.5 Å². The topological polar surface area (TPSA) is 60.7 Å². The molecule has 0 radical (unpaired) electrons. The van der Waals surface area contributed by atoms with Gasteiger partial charge in [-0.1, -0.05) is 93.6 Å². The molecule has 0 atom stereocenters. The molecule has 200 valence electrons. The first kappa shape index (κ1) is 28.0. The fourth-order valence-corrected chi connectivity index (χ4v) is 5.57. The number of fused-ring (bicyclic) bond motifs is 1. The first-order valence-electron chi connectivity index (χ1n) is 13.4. The molecular weight excluding hydrogens is 468 g/mol. The third-order valence-corrected chi connectivity index (χ3v) is 7.38. The molecule has 0 saturated heterocycles. The molecule has 0 aliphatic carbocycles. The minimum atomic E-state index is -1.11. The predicted molar refractivity (Wildman–Crippen MR) is 159 cm³/mol. The van der Waals surface area contributed by atoms with Crippen LogP contribution in [0.15, 0.2) is 72.8 Å². The van der Waals surface area contributed by atoms with E-state index in [-0.39, 0.29) is 5.41 Å². The SMILES string of the molecule is CC(C)(C)c1cccc(C(C)(C)O)c1-c1ccc(-c2c(C(C)(C)O)cccc2C(C)(C)O)c2ccccc12.